The lowest BCUT2D eigenvalue weighted by atomic mass is 9.90. The first kappa shape index (κ1) is 27.3. The Bertz CT molecular complexity index is 1540. The van der Waals surface area contributed by atoms with E-state index in [1.807, 2.05) is 42.5 Å². The van der Waals surface area contributed by atoms with Crippen LogP contribution in [0.3, 0.4) is 0 Å². The Kier molecular flexibility index (Phi) is 7.87. The fraction of sp³-hybridized carbons (Fsp3) is 0.345. The van der Waals surface area contributed by atoms with E-state index in [0.717, 1.165) is 22.3 Å². The first-order valence-electron chi connectivity index (χ1n) is 12.8. The summed E-state index contributed by atoms with van der Waals surface area (Å²) in [6, 6.07) is 15.9. The van der Waals surface area contributed by atoms with Gasteiger partial charge in [0.25, 0.3) is 10.0 Å². The monoisotopic (exact) mass is 533 g/mol. The Labute approximate surface area is 225 Å². The van der Waals surface area contributed by atoms with Crippen LogP contribution < -0.4 is 9.46 Å². The van der Waals surface area contributed by atoms with Gasteiger partial charge in [-0.05, 0) is 34.9 Å². The molecule has 2 heterocycles. The van der Waals surface area contributed by atoms with E-state index < -0.39 is 10.0 Å². The molecule has 0 spiro atoms. The number of nitrogens with zero attached hydrogens (tertiary/aromatic N) is 4. The summed E-state index contributed by atoms with van der Waals surface area (Å²) >= 11 is 0. The van der Waals surface area contributed by atoms with E-state index in [-0.39, 0.29) is 28.6 Å². The Balaban J connectivity index is 1.95. The molecular formula is C29H35N5O3S. The Morgan fingerprint density at radius 2 is 1.47 bits per heavy atom. The van der Waals surface area contributed by atoms with Gasteiger partial charge in [0.15, 0.2) is 0 Å². The van der Waals surface area contributed by atoms with Gasteiger partial charge in [-0.25, -0.2) is 18.1 Å². The van der Waals surface area contributed by atoms with Crippen LogP contribution in [0.2, 0.25) is 0 Å². The van der Waals surface area contributed by atoms with Crippen LogP contribution in [-0.4, -0.2) is 28.2 Å². The Morgan fingerprint density at radius 3 is 2.08 bits per heavy atom. The minimum atomic E-state index is -3.98. The number of hydrogen-bond acceptors (Lipinski definition) is 6. The zero-order chi connectivity index (χ0) is 27.6. The summed E-state index contributed by atoms with van der Waals surface area (Å²) in [5.41, 5.74) is 4.49. The highest BCUT2D eigenvalue weighted by Crippen LogP contribution is 2.41. The third kappa shape index (κ3) is 5.72. The standard InChI is InChI=1S/C29H35N5O3S/c1-18(2)22-12-8-9-14-24(22)27-26(20(5)6)28(37-25-15-11-10-13-23(25)19(3)4)32-29(31-27)33-38(35,36)21-16-30-34(7)17-21/h8-20H,1-7H3,(H,31,32,33). The Morgan fingerprint density at radius 1 is 0.842 bits per heavy atom. The molecule has 4 rings (SSSR count). The number of rotatable bonds is 9. The maximum atomic E-state index is 13.2. The topological polar surface area (TPSA) is 99.0 Å². The zero-order valence-electron chi connectivity index (χ0n) is 22.9. The largest absolute Gasteiger partial charge is 0.438 e. The van der Waals surface area contributed by atoms with Crippen LogP contribution in [-0.2, 0) is 17.1 Å². The lowest BCUT2D eigenvalue weighted by Gasteiger charge is -2.22. The van der Waals surface area contributed by atoms with Crippen molar-refractivity contribution in [3.63, 3.8) is 0 Å². The van der Waals surface area contributed by atoms with Crippen molar-refractivity contribution in [2.75, 3.05) is 4.72 Å². The molecule has 2 aromatic heterocycles. The number of benzene rings is 2. The van der Waals surface area contributed by atoms with E-state index in [1.165, 1.54) is 17.1 Å². The second kappa shape index (κ2) is 10.9. The van der Waals surface area contributed by atoms with Crippen LogP contribution in [0.4, 0.5) is 5.95 Å². The van der Waals surface area contributed by atoms with Crippen molar-refractivity contribution in [3.8, 4) is 22.9 Å². The number of para-hydroxylation sites is 1. The molecule has 2 aromatic carbocycles. The number of nitrogens with one attached hydrogen (secondary N) is 1. The molecular weight excluding hydrogens is 498 g/mol. The number of aromatic nitrogens is 4. The van der Waals surface area contributed by atoms with E-state index in [0.29, 0.717) is 17.3 Å². The van der Waals surface area contributed by atoms with E-state index in [2.05, 4.69) is 62.4 Å². The summed E-state index contributed by atoms with van der Waals surface area (Å²) < 4.78 is 36.8. The fourth-order valence-corrected chi connectivity index (χ4v) is 5.31. The molecule has 38 heavy (non-hydrogen) atoms. The summed E-state index contributed by atoms with van der Waals surface area (Å²) in [5.74, 6) is 1.37. The van der Waals surface area contributed by atoms with Crippen molar-refractivity contribution >= 4 is 16.0 Å². The van der Waals surface area contributed by atoms with Gasteiger partial charge in [-0.1, -0.05) is 84.0 Å². The third-order valence-corrected chi connectivity index (χ3v) is 7.57. The van der Waals surface area contributed by atoms with E-state index >= 15 is 0 Å². The van der Waals surface area contributed by atoms with Gasteiger partial charge in [0.05, 0.1) is 11.9 Å². The predicted molar refractivity (Wildman–Crippen MR) is 150 cm³/mol. The molecule has 0 bridgehead atoms. The lowest BCUT2D eigenvalue weighted by Crippen LogP contribution is -2.16. The summed E-state index contributed by atoms with van der Waals surface area (Å²) in [7, 11) is -2.32. The highest BCUT2D eigenvalue weighted by atomic mass is 32.2. The number of anilines is 1. The minimum absolute atomic E-state index is 0.00425. The smallest absolute Gasteiger partial charge is 0.267 e. The van der Waals surface area contributed by atoms with Gasteiger partial charge in [0.1, 0.15) is 10.6 Å². The number of ether oxygens (including phenoxy) is 1. The molecule has 0 unspecified atom stereocenters. The second-order valence-corrected chi connectivity index (χ2v) is 11.9. The van der Waals surface area contributed by atoms with Gasteiger partial charge < -0.3 is 4.74 Å². The van der Waals surface area contributed by atoms with Crippen molar-refractivity contribution in [1.82, 2.24) is 19.7 Å². The molecule has 9 heteroatoms. The maximum absolute atomic E-state index is 13.2. The molecule has 200 valence electrons. The molecule has 0 aliphatic carbocycles. The molecule has 0 atom stereocenters. The molecule has 1 N–H and O–H groups in total. The summed E-state index contributed by atoms with van der Waals surface area (Å²) in [6.45, 7) is 12.6. The third-order valence-electron chi connectivity index (χ3n) is 6.29. The minimum Gasteiger partial charge on any atom is -0.438 e. The van der Waals surface area contributed by atoms with Crippen LogP contribution in [0.5, 0.6) is 11.6 Å². The van der Waals surface area contributed by atoms with E-state index in [4.69, 9.17) is 9.72 Å². The van der Waals surface area contributed by atoms with Gasteiger partial charge in [-0.3, -0.25) is 4.68 Å². The van der Waals surface area contributed by atoms with E-state index in [9.17, 15) is 8.42 Å². The van der Waals surface area contributed by atoms with Gasteiger partial charge in [-0.15, -0.1) is 0 Å². The molecule has 0 aliphatic heterocycles. The molecule has 0 saturated carbocycles. The van der Waals surface area contributed by atoms with Crippen molar-refractivity contribution in [3.05, 3.63) is 77.6 Å². The number of sulfonamides is 1. The molecule has 4 aromatic rings. The van der Waals surface area contributed by atoms with Crippen molar-refractivity contribution in [2.24, 2.45) is 7.05 Å². The van der Waals surface area contributed by atoms with Gasteiger partial charge in [0, 0.05) is 24.4 Å². The van der Waals surface area contributed by atoms with Crippen molar-refractivity contribution in [1.29, 1.82) is 0 Å². The molecule has 0 aliphatic rings. The maximum Gasteiger partial charge on any atom is 0.267 e. The average molecular weight is 534 g/mol. The molecule has 0 saturated heterocycles. The van der Waals surface area contributed by atoms with Crippen LogP contribution >= 0.6 is 0 Å². The first-order valence-corrected chi connectivity index (χ1v) is 14.3. The van der Waals surface area contributed by atoms with Crippen LogP contribution in [0, 0.1) is 0 Å². The number of hydrogen-bond donors (Lipinski definition) is 1. The van der Waals surface area contributed by atoms with E-state index in [1.54, 1.807) is 7.05 Å². The van der Waals surface area contributed by atoms with Crippen molar-refractivity contribution < 1.29 is 13.2 Å². The summed E-state index contributed by atoms with van der Waals surface area (Å²) in [4.78, 5) is 9.41. The summed E-state index contributed by atoms with van der Waals surface area (Å²) in [6.07, 6.45) is 2.71. The van der Waals surface area contributed by atoms with Gasteiger partial charge in [0.2, 0.25) is 11.8 Å². The normalized spacial score (nSPS) is 11.9. The number of aryl methyl sites for hydroxylation is 1. The van der Waals surface area contributed by atoms with Gasteiger partial charge in [-0.2, -0.15) is 10.1 Å². The average Bonchev–Trinajstić information content (AvgIpc) is 3.31. The highest BCUT2D eigenvalue weighted by molar-refractivity contribution is 7.92. The second-order valence-electron chi connectivity index (χ2n) is 10.3. The molecule has 0 radical (unpaired) electrons. The fourth-order valence-electron chi connectivity index (χ4n) is 4.39. The summed E-state index contributed by atoms with van der Waals surface area (Å²) in [5, 5.41) is 3.99. The lowest BCUT2D eigenvalue weighted by molar-refractivity contribution is 0.445. The predicted octanol–water partition coefficient (Wildman–Crippen LogP) is 6.84. The Hall–Kier alpha value is -3.72. The van der Waals surface area contributed by atoms with Crippen LogP contribution in [0.1, 0.15) is 76.0 Å². The molecule has 8 nitrogen and oxygen atoms in total. The van der Waals surface area contributed by atoms with Gasteiger partial charge >= 0.3 is 0 Å². The van der Waals surface area contributed by atoms with Crippen molar-refractivity contribution in [2.45, 2.75) is 64.2 Å². The SMILES string of the molecule is CC(C)c1ccccc1Oc1nc(NS(=O)(=O)c2cnn(C)c2)nc(-c2ccccc2C(C)C)c1C(C)C. The molecule has 0 amide bonds. The highest BCUT2D eigenvalue weighted by Gasteiger charge is 2.26. The zero-order valence-corrected chi connectivity index (χ0v) is 23.7. The van der Waals surface area contributed by atoms with Crippen LogP contribution in [0.15, 0.2) is 65.8 Å². The molecule has 0 fully saturated rings. The first-order chi connectivity index (χ1) is 18.0. The quantitative estimate of drug-likeness (QED) is 0.253. The van der Waals surface area contributed by atoms with Crippen LogP contribution in [0.25, 0.3) is 11.3 Å².